The number of hydrogen-bond donors (Lipinski definition) is 5. The van der Waals surface area contributed by atoms with Gasteiger partial charge in [0.2, 0.25) is 0 Å². The predicted molar refractivity (Wildman–Crippen MR) is 24.5 cm³/mol. The minimum absolute atomic E-state index is 0. The van der Waals surface area contributed by atoms with E-state index in [1.165, 1.54) is 0 Å². The van der Waals surface area contributed by atoms with Gasteiger partial charge in [0.1, 0.15) is 9.05 Å². The zero-order valence-corrected chi connectivity index (χ0v) is 12.3. The summed E-state index contributed by atoms with van der Waals surface area (Å²) in [4.78, 5) is 53.4. The molecular formula is H5Na2O8PSi. The average Bonchev–Trinajstić information content (AvgIpc) is 1.12. The van der Waals surface area contributed by atoms with E-state index in [0.717, 1.165) is 0 Å². The van der Waals surface area contributed by atoms with Gasteiger partial charge in [-0.15, -0.1) is 0 Å². The van der Waals surface area contributed by atoms with Crippen LogP contribution in [-0.4, -0.2) is 33.3 Å². The van der Waals surface area contributed by atoms with Crippen molar-refractivity contribution in [3.8, 4) is 0 Å². The Labute approximate surface area is 113 Å². The van der Waals surface area contributed by atoms with Crippen LogP contribution in [0.4, 0.5) is 0 Å². The third-order valence-corrected chi connectivity index (χ3v) is 0. The molecule has 0 unspecified atom stereocenters. The van der Waals surface area contributed by atoms with Crippen molar-refractivity contribution in [2.24, 2.45) is 0 Å². The SMILES string of the molecule is O=P(O)(O)O.[Na+].[Na+].[O-][Si]([O-])(O)O. The smallest absolute Gasteiger partial charge is 0.828 e. The molecule has 0 aromatic rings. The molecule has 0 fully saturated rings. The molecule has 0 aliphatic carbocycles. The van der Waals surface area contributed by atoms with Crippen molar-refractivity contribution in [3.05, 3.63) is 0 Å². The van der Waals surface area contributed by atoms with Gasteiger partial charge in [0.05, 0.1) is 0 Å². The Bertz CT molecular complexity index is 109. The monoisotopic (exact) mass is 238 g/mol. The van der Waals surface area contributed by atoms with E-state index in [-0.39, 0.29) is 59.1 Å². The summed E-state index contributed by atoms with van der Waals surface area (Å²) < 4.78 is 8.88. The Hall–Kier alpha value is 2.17. The second-order valence-electron chi connectivity index (χ2n) is 1.06. The fourth-order valence-corrected chi connectivity index (χ4v) is 0. The van der Waals surface area contributed by atoms with Gasteiger partial charge in [0.15, 0.2) is 0 Å². The third kappa shape index (κ3) is 323. The molecule has 0 saturated heterocycles. The van der Waals surface area contributed by atoms with Crippen LogP contribution in [0.15, 0.2) is 0 Å². The molecule has 0 amide bonds. The minimum atomic E-state index is -5.11. The van der Waals surface area contributed by atoms with Crippen LogP contribution in [0.25, 0.3) is 0 Å². The molecule has 0 aliphatic heterocycles. The standard InChI is InChI=1S/2Na.H3O4P.H2O4Si/c;;2*1-5(2,3)4/h;;(H3,1,2,3,4);1-2H/q2*+1;;-2. The van der Waals surface area contributed by atoms with Crippen LogP contribution in [0.5, 0.6) is 0 Å². The molecule has 0 aliphatic rings. The van der Waals surface area contributed by atoms with Crippen LogP contribution >= 0.6 is 7.82 Å². The van der Waals surface area contributed by atoms with Gasteiger partial charge >= 0.3 is 66.9 Å². The van der Waals surface area contributed by atoms with Crippen molar-refractivity contribution >= 4 is 16.9 Å². The summed E-state index contributed by atoms with van der Waals surface area (Å²) in [6, 6.07) is 0. The van der Waals surface area contributed by atoms with Gasteiger partial charge in [-0.25, -0.2) is 4.57 Å². The van der Waals surface area contributed by atoms with Crippen molar-refractivity contribution in [2.45, 2.75) is 0 Å². The van der Waals surface area contributed by atoms with Crippen LogP contribution in [0, 0.1) is 0 Å². The van der Waals surface area contributed by atoms with E-state index in [1.807, 2.05) is 0 Å². The fraction of sp³-hybridized carbons (Fsp3) is 0. The molecule has 0 bridgehead atoms. The van der Waals surface area contributed by atoms with Crippen LogP contribution in [0.3, 0.4) is 0 Å². The third-order valence-electron chi connectivity index (χ3n) is 0. The molecule has 0 saturated carbocycles. The van der Waals surface area contributed by atoms with Gasteiger partial charge in [-0.1, -0.05) is 0 Å². The summed E-state index contributed by atoms with van der Waals surface area (Å²) in [5, 5.41) is 0. The topological polar surface area (TPSA) is 164 Å². The van der Waals surface area contributed by atoms with E-state index >= 15 is 0 Å². The van der Waals surface area contributed by atoms with Crippen LogP contribution in [0.1, 0.15) is 0 Å². The molecule has 0 radical (unpaired) electrons. The first-order chi connectivity index (χ1) is 4.00. The maximum absolute atomic E-state index is 8.88. The van der Waals surface area contributed by atoms with E-state index < -0.39 is 16.9 Å². The number of rotatable bonds is 0. The quantitative estimate of drug-likeness (QED) is 0.205. The van der Waals surface area contributed by atoms with Gasteiger partial charge in [-0.05, 0) is 0 Å². The van der Waals surface area contributed by atoms with E-state index in [9.17, 15) is 0 Å². The van der Waals surface area contributed by atoms with Gasteiger partial charge < -0.3 is 33.9 Å². The summed E-state index contributed by atoms with van der Waals surface area (Å²) in [5.41, 5.74) is 0. The first kappa shape index (κ1) is 23.8. The molecule has 12 heteroatoms. The van der Waals surface area contributed by atoms with Crippen molar-refractivity contribution in [3.63, 3.8) is 0 Å². The maximum atomic E-state index is 8.88. The Balaban J connectivity index is -0.0000000457. The molecule has 0 aromatic heterocycles. The molecule has 0 atom stereocenters. The second-order valence-corrected chi connectivity index (χ2v) is 3.19. The minimum Gasteiger partial charge on any atom is -0.828 e. The fourth-order valence-electron chi connectivity index (χ4n) is 0. The van der Waals surface area contributed by atoms with E-state index in [0.29, 0.717) is 0 Å². The maximum Gasteiger partial charge on any atom is 1.00 e. The van der Waals surface area contributed by atoms with Gasteiger partial charge in [-0.3, -0.25) is 0 Å². The zero-order valence-electron chi connectivity index (χ0n) is 6.41. The summed E-state index contributed by atoms with van der Waals surface area (Å²) in [5.74, 6) is 0. The van der Waals surface area contributed by atoms with Crippen molar-refractivity contribution in [1.82, 2.24) is 0 Å². The molecule has 0 heterocycles. The van der Waals surface area contributed by atoms with E-state index in [1.54, 1.807) is 0 Å². The predicted octanol–water partition coefficient (Wildman–Crippen LogP) is -10.8. The molecular weight excluding hydrogens is 233 g/mol. The van der Waals surface area contributed by atoms with Gasteiger partial charge in [0.25, 0.3) is 0 Å². The first-order valence-corrected chi connectivity index (χ1v) is 4.91. The largest absolute Gasteiger partial charge is 1.00 e. The van der Waals surface area contributed by atoms with Crippen LogP contribution < -0.4 is 68.7 Å². The number of phosphoric acid groups is 1. The summed E-state index contributed by atoms with van der Waals surface area (Å²) in [7, 11) is -9.75. The summed E-state index contributed by atoms with van der Waals surface area (Å²) in [6.07, 6.45) is 0. The van der Waals surface area contributed by atoms with E-state index in [2.05, 4.69) is 0 Å². The summed E-state index contributed by atoms with van der Waals surface area (Å²) in [6.45, 7) is 0. The molecule has 64 valence electrons. The Kier molecular flexibility index (Phi) is 19.2. The van der Waals surface area contributed by atoms with Crippen molar-refractivity contribution < 1.29 is 97.5 Å². The molecule has 12 heavy (non-hydrogen) atoms. The summed E-state index contributed by atoms with van der Waals surface area (Å²) >= 11 is 0. The van der Waals surface area contributed by atoms with Crippen molar-refractivity contribution in [1.29, 1.82) is 0 Å². The molecule has 0 aromatic carbocycles. The Morgan fingerprint density at radius 1 is 1.00 bits per heavy atom. The second kappa shape index (κ2) is 9.71. The van der Waals surface area contributed by atoms with Gasteiger partial charge in [-0.2, -0.15) is 0 Å². The number of hydrogen-bond acceptors (Lipinski definition) is 5. The first-order valence-electron chi connectivity index (χ1n) is 1.64. The average molecular weight is 238 g/mol. The van der Waals surface area contributed by atoms with E-state index in [4.69, 9.17) is 38.4 Å². The normalized spacial score (nSPS) is 9.92. The Morgan fingerprint density at radius 2 is 1.00 bits per heavy atom. The molecule has 0 rings (SSSR count). The molecule has 0 spiro atoms. The van der Waals surface area contributed by atoms with Crippen LogP contribution in [0.2, 0.25) is 0 Å². The Morgan fingerprint density at radius 3 is 1.00 bits per heavy atom. The molecule has 8 nitrogen and oxygen atoms in total. The zero-order chi connectivity index (χ0) is 9.00. The molecule has 5 N–H and O–H groups in total. The van der Waals surface area contributed by atoms with Crippen LogP contribution in [-0.2, 0) is 4.57 Å². The van der Waals surface area contributed by atoms with Crippen molar-refractivity contribution in [2.75, 3.05) is 0 Å². The van der Waals surface area contributed by atoms with Gasteiger partial charge in [0, 0.05) is 0 Å².